The van der Waals surface area contributed by atoms with E-state index in [9.17, 15) is 0 Å². The summed E-state index contributed by atoms with van der Waals surface area (Å²) >= 11 is 0. The molecule has 0 bridgehead atoms. The summed E-state index contributed by atoms with van der Waals surface area (Å²) in [6, 6.07) is 44.1. The van der Waals surface area contributed by atoms with Gasteiger partial charge in [-0.2, -0.15) is 0 Å². The van der Waals surface area contributed by atoms with Crippen molar-refractivity contribution >= 4 is 32.9 Å². The molecule has 172 valence electrons. The van der Waals surface area contributed by atoms with Crippen molar-refractivity contribution < 1.29 is 0 Å². The van der Waals surface area contributed by atoms with E-state index < -0.39 is 0 Å². The summed E-state index contributed by atoms with van der Waals surface area (Å²) < 4.78 is 0. The Balaban J connectivity index is 1.19. The second-order valence-corrected chi connectivity index (χ2v) is 10.4. The fraction of sp³-hybridized carbons (Fsp3) is 0.0857. The van der Waals surface area contributed by atoms with Crippen LogP contribution < -0.4 is 5.32 Å². The smallest absolute Gasteiger partial charge is 0.0387 e. The molecule has 0 heterocycles. The van der Waals surface area contributed by atoms with Gasteiger partial charge in [0.05, 0.1) is 0 Å². The highest BCUT2D eigenvalue weighted by Gasteiger charge is 2.35. The maximum absolute atomic E-state index is 3.63. The van der Waals surface area contributed by atoms with Crippen LogP contribution >= 0.6 is 0 Å². The zero-order valence-electron chi connectivity index (χ0n) is 20.5. The van der Waals surface area contributed by atoms with Crippen molar-refractivity contribution in [3.05, 3.63) is 132 Å². The molecule has 1 heteroatoms. The number of nitrogens with one attached hydrogen (secondary N) is 1. The molecule has 0 aromatic heterocycles. The van der Waals surface area contributed by atoms with Crippen molar-refractivity contribution in [3.63, 3.8) is 0 Å². The summed E-state index contributed by atoms with van der Waals surface area (Å²) in [6.07, 6.45) is 0. The van der Waals surface area contributed by atoms with Gasteiger partial charge in [-0.05, 0) is 85.3 Å². The van der Waals surface area contributed by atoms with Gasteiger partial charge in [0.15, 0.2) is 0 Å². The Hall–Kier alpha value is -4.36. The van der Waals surface area contributed by atoms with Crippen molar-refractivity contribution in [2.75, 3.05) is 5.32 Å². The van der Waals surface area contributed by atoms with Crippen LogP contribution in [-0.4, -0.2) is 0 Å². The third kappa shape index (κ3) is 3.24. The Labute approximate surface area is 212 Å². The van der Waals surface area contributed by atoms with Crippen LogP contribution in [-0.2, 0) is 5.41 Å². The van der Waals surface area contributed by atoms with Crippen LogP contribution in [0.5, 0.6) is 0 Å². The van der Waals surface area contributed by atoms with Gasteiger partial charge in [-0.1, -0.05) is 105 Å². The number of fused-ring (bicyclic) bond motifs is 6. The van der Waals surface area contributed by atoms with E-state index in [1.54, 1.807) is 0 Å². The molecule has 7 rings (SSSR count). The van der Waals surface area contributed by atoms with Crippen LogP contribution in [0.3, 0.4) is 0 Å². The number of hydrogen-bond donors (Lipinski definition) is 1. The van der Waals surface area contributed by atoms with E-state index in [1.807, 2.05) is 0 Å². The van der Waals surface area contributed by atoms with Gasteiger partial charge >= 0.3 is 0 Å². The van der Waals surface area contributed by atoms with Crippen LogP contribution in [0.4, 0.5) is 11.4 Å². The molecule has 0 aliphatic heterocycles. The van der Waals surface area contributed by atoms with Crippen LogP contribution in [0.1, 0.15) is 25.0 Å². The minimum Gasteiger partial charge on any atom is -0.356 e. The molecule has 1 aliphatic carbocycles. The minimum absolute atomic E-state index is 0.00767. The first-order valence-corrected chi connectivity index (χ1v) is 12.6. The summed E-state index contributed by atoms with van der Waals surface area (Å²) in [4.78, 5) is 0. The maximum atomic E-state index is 3.63. The standard InChI is InChI=1S/C35H27N/c1-35(2)33-10-6-5-9-30(33)31-20-19-28(22-34(31)35)36-27-17-15-23(16-18-27)26-14-13-25-12-11-24-7-3-4-8-29(24)32(25)21-26/h3-22,36H,1-2H3. The van der Waals surface area contributed by atoms with E-state index in [0.29, 0.717) is 0 Å². The highest BCUT2D eigenvalue weighted by Crippen LogP contribution is 2.49. The highest BCUT2D eigenvalue weighted by atomic mass is 14.9. The average Bonchev–Trinajstić information content (AvgIpc) is 3.15. The summed E-state index contributed by atoms with van der Waals surface area (Å²) in [7, 11) is 0. The summed E-state index contributed by atoms with van der Waals surface area (Å²) in [5, 5.41) is 8.79. The van der Waals surface area contributed by atoms with Crippen molar-refractivity contribution in [1.29, 1.82) is 0 Å². The monoisotopic (exact) mass is 461 g/mol. The fourth-order valence-electron chi connectivity index (χ4n) is 5.88. The van der Waals surface area contributed by atoms with Crippen LogP contribution in [0.15, 0.2) is 121 Å². The Morgan fingerprint density at radius 2 is 1.11 bits per heavy atom. The van der Waals surface area contributed by atoms with E-state index in [-0.39, 0.29) is 5.41 Å². The van der Waals surface area contributed by atoms with E-state index >= 15 is 0 Å². The Morgan fingerprint density at radius 3 is 1.97 bits per heavy atom. The van der Waals surface area contributed by atoms with Crippen molar-refractivity contribution in [3.8, 4) is 22.3 Å². The summed E-state index contributed by atoms with van der Waals surface area (Å²) in [5.74, 6) is 0. The molecular weight excluding hydrogens is 434 g/mol. The van der Waals surface area contributed by atoms with E-state index in [4.69, 9.17) is 0 Å². The number of hydrogen-bond acceptors (Lipinski definition) is 1. The first-order valence-electron chi connectivity index (χ1n) is 12.6. The lowest BCUT2D eigenvalue weighted by atomic mass is 9.82. The normalized spacial score (nSPS) is 13.5. The van der Waals surface area contributed by atoms with Crippen molar-refractivity contribution in [2.24, 2.45) is 0 Å². The third-order valence-electron chi connectivity index (χ3n) is 7.84. The molecule has 36 heavy (non-hydrogen) atoms. The van der Waals surface area contributed by atoms with Gasteiger partial charge in [0.25, 0.3) is 0 Å². The second kappa shape index (κ2) is 7.83. The molecule has 1 aliphatic rings. The van der Waals surface area contributed by atoms with Crippen molar-refractivity contribution in [2.45, 2.75) is 19.3 Å². The molecule has 0 saturated carbocycles. The van der Waals surface area contributed by atoms with E-state index in [2.05, 4.69) is 140 Å². The van der Waals surface area contributed by atoms with Gasteiger partial charge in [-0.3, -0.25) is 0 Å². The first-order chi connectivity index (χ1) is 17.6. The lowest BCUT2D eigenvalue weighted by Gasteiger charge is -2.22. The number of benzene rings is 6. The topological polar surface area (TPSA) is 12.0 Å². The summed E-state index contributed by atoms with van der Waals surface area (Å²) in [6.45, 7) is 4.64. The van der Waals surface area contributed by atoms with Gasteiger partial charge in [0.1, 0.15) is 0 Å². The predicted molar refractivity (Wildman–Crippen MR) is 154 cm³/mol. The molecule has 0 atom stereocenters. The van der Waals surface area contributed by atoms with Crippen molar-refractivity contribution in [1.82, 2.24) is 0 Å². The van der Waals surface area contributed by atoms with Gasteiger partial charge in [0.2, 0.25) is 0 Å². The number of anilines is 2. The SMILES string of the molecule is CC1(C)c2ccccc2-c2ccc(Nc3ccc(-c4ccc5ccc6ccccc6c5c4)cc3)cc21. The van der Waals surface area contributed by atoms with Crippen LogP contribution in [0.2, 0.25) is 0 Å². The van der Waals surface area contributed by atoms with E-state index in [1.165, 1.54) is 54.9 Å². The lowest BCUT2D eigenvalue weighted by Crippen LogP contribution is -2.15. The Morgan fingerprint density at radius 1 is 0.472 bits per heavy atom. The fourth-order valence-corrected chi connectivity index (χ4v) is 5.88. The van der Waals surface area contributed by atoms with Crippen LogP contribution in [0.25, 0.3) is 43.8 Å². The molecule has 0 amide bonds. The highest BCUT2D eigenvalue weighted by molar-refractivity contribution is 6.08. The average molecular weight is 462 g/mol. The molecule has 0 unspecified atom stereocenters. The second-order valence-electron chi connectivity index (χ2n) is 10.4. The quantitative estimate of drug-likeness (QED) is 0.259. The lowest BCUT2D eigenvalue weighted by molar-refractivity contribution is 0.660. The Kier molecular flexibility index (Phi) is 4.56. The molecule has 1 N–H and O–H groups in total. The van der Waals surface area contributed by atoms with Gasteiger partial charge < -0.3 is 5.32 Å². The van der Waals surface area contributed by atoms with Gasteiger partial charge in [-0.25, -0.2) is 0 Å². The minimum atomic E-state index is 0.00767. The molecule has 6 aromatic carbocycles. The number of rotatable bonds is 3. The largest absolute Gasteiger partial charge is 0.356 e. The van der Waals surface area contributed by atoms with Gasteiger partial charge in [-0.15, -0.1) is 0 Å². The molecule has 0 saturated heterocycles. The van der Waals surface area contributed by atoms with E-state index in [0.717, 1.165) is 11.4 Å². The molecule has 1 nitrogen and oxygen atoms in total. The summed E-state index contributed by atoms with van der Waals surface area (Å²) in [5.41, 5.74) is 10.2. The molecular formula is C35H27N. The predicted octanol–water partition coefficient (Wildman–Crippen LogP) is 9.71. The molecule has 6 aromatic rings. The Bertz CT molecular complexity index is 1770. The third-order valence-corrected chi connectivity index (χ3v) is 7.84. The zero-order chi connectivity index (χ0) is 24.3. The van der Waals surface area contributed by atoms with Gasteiger partial charge in [0, 0.05) is 16.8 Å². The first kappa shape index (κ1) is 21.0. The van der Waals surface area contributed by atoms with Crippen LogP contribution in [0, 0.1) is 0 Å². The zero-order valence-corrected chi connectivity index (χ0v) is 20.5. The molecule has 0 radical (unpaired) electrons. The maximum Gasteiger partial charge on any atom is 0.0387 e. The molecule has 0 fully saturated rings. The molecule has 0 spiro atoms.